The molecule has 2 aromatic carbocycles. The monoisotopic (exact) mass is 322 g/mol. The van der Waals surface area contributed by atoms with Crippen molar-refractivity contribution in [1.82, 2.24) is 4.57 Å². The highest BCUT2D eigenvalue weighted by molar-refractivity contribution is 5.95. The van der Waals surface area contributed by atoms with Crippen LogP contribution in [0.5, 0.6) is 5.75 Å². The molecule has 4 nitrogen and oxygen atoms in total. The van der Waals surface area contributed by atoms with Crippen molar-refractivity contribution in [2.75, 3.05) is 11.9 Å². The van der Waals surface area contributed by atoms with Crippen molar-refractivity contribution >= 4 is 22.5 Å². The lowest BCUT2D eigenvalue weighted by molar-refractivity contribution is -0.118. The van der Waals surface area contributed by atoms with E-state index in [0.717, 1.165) is 22.3 Å². The first-order valence-corrected chi connectivity index (χ1v) is 8.19. The number of carbonyl (C=O) groups excluding carboxylic acids is 1. The van der Waals surface area contributed by atoms with Crippen LogP contribution in [0.2, 0.25) is 0 Å². The number of rotatable bonds is 5. The number of aryl methyl sites for hydroxylation is 1. The summed E-state index contributed by atoms with van der Waals surface area (Å²) >= 11 is 0. The van der Waals surface area contributed by atoms with Crippen LogP contribution in [0.3, 0.4) is 0 Å². The molecule has 0 saturated heterocycles. The van der Waals surface area contributed by atoms with Gasteiger partial charge in [-0.25, -0.2) is 0 Å². The number of aromatic nitrogens is 1. The molecule has 0 spiro atoms. The molecule has 0 saturated carbocycles. The van der Waals surface area contributed by atoms with Gasteiger partial charge in [-0.15, -0.1) is 0 Å². The van der Waals surface area contributed by atoms with Crippen LogP contribution in [0.1, 0.15) is 25.5 Å². The van der Waals surface area contributed by atoms with Gasteiger partial charge in [0.05, 0.1) is 6.61 Å². The van der Waals surface area contributed by atoms with Gasteiger partial charge in [-0.1, -0.05) is 11.6 Å². The van der Waals surface area contributed by atoms with E-state index in [0.29, 0.717) is 6.61 Å². The van der Waals surface area contributed by atoms with E-state index in [1.54, 1.807) is 0 Å². The van der Waals surface area contributed by atoms with Crippen molar-refractivity contribution in [3.8, 4) is 5.75 Å². The Bertz CT molecular complexity index is 850. The Labute approximate surface area is 142 Å². The molecule has 0 radical (unpaired) electrons. The van der Waals surface area contributed by atoms with Gasteiger partial charge in [-0.05, 0) is 68.6 Å². The number of hydrogen-bond donors (Lipinski definition) is 1. The molecule has 124 valence electrons. The topological polar surface area (TPSA) is 43.3 Å². The van der Waals surface area contributed by atoms with Crippen molar-refractivity contribution in [1.29, 1.82) is 0 Å². The van der Waals surface area contributed by atoms with E-state index in [1.807, 2.05) is 54.9 Å². The summed E-state index contributed by atoms with van der Waals surface area (Å²) in [6, 6.07) is 15.4. The predicted octanol–water partition coefficient (Wildman–Crippen LogP) is 4.55. The second-order valence-electron chi connectivity index (χ2n) is 5.91. The minimum Gasteiger partial charge on any atom is -0.494 e. The third kappa shape index (κ3) is 3.27. The number of anilines is 1. The zero-order valence-electron chi connectivity index (χ0n) is 14.2. The number of hydrogen-bond acceptors (Lipinski definition) is 2. The van der Waals surface area contributed by atoms with Crippen LogP contribution in [-0.2, 0) is 4.79 Å². The first kappa shape index (κ1) is 16.1. The number of benzene rings is 2. The van der Waals surface area contributed by atoms with Crippen molar-refractivity contribution < 1.29 is 9.53 Å². The molecule has 1 heterocycles. The maximum atomic E-state index is 12.6. The van der Waals surface area contributed by atoms with Crippen molar-refractivity contribution in [3.63, 3.8) is 0 Å². The van der Waals surface area contributed by atoms with Gasteiger partial charge < -0.3 is 14.6 Å². The van der Waals surface area contributed by atoms with Gasteiger partial charge in [0, 0.05) is 17.4 Å². The van der Waals surface area contributed by atoms with Crippen molar-refractivity contribution in [2.45, 2.75) is 26.8 Å². The molecular weight excluding hydrogens is 300 g/mol. The van der Waals surface area contributed by atoms with E-state index < -0.39 is 0 Å². The molecule has 0 aliphatic carbocycles. The molecular formula is C20H22N2O2. The van der Waals surface area contributed by atoms with E-state index in [9.17, 15) is 4.79 Å². The lowest BCUT2D eigenvalue weighted by Crippen LogP contribution is -2.23. The Morgan fingerprint density at radius 1 is 1.17 bits per heavy atom. The average Bonchev–Trinajstić information content (AvgIpc) is 2.99. The van der Waals surface area contributed by atoms with Crippen LogP contribution < -0.4 is 10.1 Å². The fourth-order valence-corrected chi connectivity index (χ4v) is 2.80. The van der Waals surface area contributed by atoms with Crippen LogP contribution in [0.25, 0.3) is 10.9 Å². The average molecular weight is 322 g/mol. The minimum atomic E-state index is -0.295. The first-order chi connectivity index (χ1) is 11.6. The molecule has 1 aromatic heterocycles. The summed E-state index contributed by atoms with van der Waals surface area (Å²) < 4.78 is 7.41. The maximum Gasteiger partial charge on any atom is 0.247 e. The maximum absolute atomic E-state index is 12.6. The normalized spacial score (nSPS) is 12.1. The highest BCUT2D eigenvalue weighted by atomic mass is 16.5. The van der Waals surface area contributed by atoms with Gasteiger partial charge in [0.15, 0.2) is 0 Å². The van der Waals surface area contributed by atoms with Crippen LogP contribution in [0, 0.1) is 6.92 Å². The lowest BCUT2D eigenvalue weighted by atomic mass is 10.2. The van der Waals surface area contributed by atoms with Gasteiger partial charge in [0.2, 0.25) is 5.91 Å². The second kappa shape index (κ2) is 6.79. The Balaban J connectivity index is 1.76. The van der Waals surface area contributed by atoms with Gasteiger partial charge in [0.1, 0.15) is 11.8 Å². The summed E-state index contributed by atoms with van der Waals surface area (Å²) in [7, 11) is 0. The van der Waals surface area contributed by atoms with E-state index in [1.165, 1.54) is 5.56 Å². The van der Waals surface area contributed by atoms with Gasteiger partial charge in [-0.3, -0.25) is 4.79 Å². The number of ether oxygens (including phenoxy) is 1. The Morgan fingerprint density at radius 2 is 1.92 bits per heavy atom. The molecule has 1 amide bonds. The summed E-state index contributed by atoms with van der Waals surface area (Å²) in [6.45, 7) is 6.55. The number of nitrogens with one attached hydrogen (secondary N) is 1. The van der Waals surface area contributed by atoms with Gasteiger partial charge in [-0.2, -0.15) is 0 Å². The third-order valence-electron chi connectivity index (χ3n) is 4.11. The highest BCUT2D eigenvalue weighted by Gasteiger charge is 2.16. The summed E-state index contributed by atoms with van der Waals surface area (Å²) in [5.74, 6) is 0.757. The summed E-state index contributed by atoms with van der Waals surface area (Å²) in [5.41, 5.74) is 3.05. The fraction of sp³-hybridized carbons (Fsp3) is 0.250. The molecule has 3 aromatic rings. The zero-order chi connectivity index (χ0) is 17.1. The largest absolute Gasteiger partial charge is 0.494 e. The number of amides is 1. The Hall–Kier alpha value is -2.75. The van der Waals surface area contributed by atoms with E-state index in [2.05, 4.69) is 30.4 Å². The van der Waals surface area contributed by atoms with Crippen LogP contribution in [0.15, 0.2) is 54.7 Å². The van der Waals surface area contributed by atoms with E-state index in [4.69, 9.17) is 4.74 Å². The molecule has 0 aliphatic rings. The number of carbonyl (C=O) groups is 1. The van der Waals surface area contributed by atoms with Gasteiger partial charge >= 0.3 is 0 Å². The number of nitrogens with zero attached hydrogens (tertiary/aromatic N) is 1. The predicted molar refractivity (Wildman–Crippen MR) is 97.6 cm³/mol. The van der Waals surface area contributed by atoms with Crippen molar-refractivity contribution in [2.24, 2.45) is 0 Å². The summed E-state index contributed by atoms with van der Waals surface area (Å²) in [4.78, 5) is 12.6. The van der Waals surface area contributed by atoms with Crippen molar-refractivity contribution in [3.05, 3.63) is 60.3 Å². The van der Waals surface area contributed by atoms with Crippen LogP contribution >= 0.6 is 0 Å². The smallest absolute Gasteiger partial charge is 0.247 e. The highest BCUT2D eigenvalue weighted by Crippen LogP contribution is 2.23. The molecule has 1 unspecified atom stereocenters. The third-order valence-corrected chi connectivity index (χ3v) is 4.11. The molecule has 0 aliphatic heterocycles. The molecule has 3 rings (SSSR count). The molecule has 4 heteroatoms. The lowest BCUT2D eigenvalue weighted by Gasteiger charge is -2.16. The minimum absolute atomic E-state index is 0.0442. The summed E-state index contributed by atoms with van der Waals surface area (Å²) in [5, 5.41) is 4.11. The first-order valence-electron chi connectivity index (χ1n) is 8.19. The summed E-state index contributed by atoms with van der Waals surface area (Å²) in [6.07, 6.45) is 1.96. The van der Waals surface area contributed by atoms with E-state index in [-0.39, 0.29) is 11.9 Å². The molecule has 1 atom stereocenters. The second-order valence-corrected chi connectivity index (χ2v) is 5.91. The fourth-order valence-electron chi connectivity index (χ4n) is 2.80. The van der Waals surface area contributed by atoms with E-state index >= 15 is 0 Å². The Kier molecular flexibility index (Phi) is 4.56. The quantitative estimate of drug-likeness (QED) is 0.749. The molecule has 24 heavy (non-hydrogen) atoms. The SMILES string of the molecule is CCOc1ccc(NC(=O)C(C)n2ccc3cc(C)ccc32)cc1. The Morgan fingerprint density at radius 3 is 2.62 bits per heavy atom. The van der Waals surface area contributed by atoms with Gasteiger partial charge in [0.25, 0.3) is 0 Å². The molecule has 1 N–H and O–H groups in total. The van der Waals surface area contributed by atoms with Crippen LogP contribution in [0.4, 0.5) is 5.69 Å². The zero-order valence-corrected chi connectivity index (χ0v) is 14.2. The molecule has 0 bridgehead atoms. The standard InChI is InChI=1S/C20H22N2O2/c1-4-24-18-8-6-17(7-9-18)21-20(23)15(3)22-12-11-16-13-14(2)5-10-19(16)22/h5-13,15H,4H2,1-3H3,(H,21,23). The number of fused-ring (bicyclic) bond motifs is 1. The van der Waals surface area contributed by atoms with Crippen LogP contribution in [-0.4, -0.2) is 17.1 Å². The molecule has 0 fully saturated rings.